The molecule has 1 atom stereocenters. The van der Waals surface area contributed by atoms with Crippen LogP contribution in [-0.4, -0.2) is 29.9 Å². The van der Waals surface area contributed by atoms with Crippen molar-refractivity contribution < 1.29 is 4.79 Å². The predicted molar refractivity (Wildman–Crippen MR) is 72.1 cm³/mol. The third kappa shape index (κ3) is 2.19. The fraction of sp³-hybridized carbons (Fsp3) is 0.923. The van der Waals surface area contributed by atoms with Gasteiger partial charge in [-0.1, -0.05) is 27.7 Å². The van der Waals surface area contributed by atoms with Crippen LogP contribution >= 0.6 is 12.4 Å². The molecule has 2 fully saturated rings. The van der Waals surface area contributed by atoms with Crippen LogP contribution in [0.15, 0.2) is 0 Å². The van der Waals surface area contributed by atoms with Crippen LogP contribution in [0.3, 0.4) is 0 Å². The molecule has 2 aliphatic rings. The van der Waals surface area contributed by atoms with Crippen LogP contribution in [0.5, 0.6) is 0 Å². The summed E-state index contributed by atoms with van der Waals surface area (Å²) in [6, 6.07) is 0.183. The van der Waals surface area contributed by atoms with Crippen molar-refractivity contribution in [2.45, 2.75) is 46.6 Å². The zero-order chi connectivity index (χ0) is 12.1. The molecule has 1 saturated heterocycles. The van der Waals surface area contributed by atoms with Gasteiger partial charge in [-0.05, 0) is 23.7 Å². The van der Waals surface area contributed by atoms with Gasteiger partial charge in [0.25, 0.3) is 0 Å². The van der Waals surface area contributed by atoms with Gasteiger partial charge >= 0.3 is 0 Å². The molecule has 0 aromatic heterocycles. The summed E-state index contributed by atoms with van der Waals surface area (Å²) in [6.07, 6.45) is 2.11. The minimum atomic E-state index is 0. The smallest absolute Gasteiger partial charge is 0.226 e. The van der Waals surface area contributed by atoms with Gasteiger partial charge < -0.3 is 10.6 Å². The van der Waals surface area contributed by atoms with Gasteiger partial charge in [0.05, 0.1) is 0 Å². The second-order valence-corrected chi connectivity index (χ2v) is 6.56. The van der Waals surface area contributed by atoms with E-state index in [-0.39, 0.29) is 35.2 Å². The van der Waals surface area contributed by atoms with Gasteiger partial charge in [0, 0.05) is 25.0 Å². The average molecular weight is 261 g/mol. The summed E-state index contributed by atoms with van der Waals surface area (Å²) in [7, 11) is 0. The molecule has 0 radical (unpaired) electrons. The molecule has 0 unspecified atom stereocenters. The number of nitrogens with zero attached hydrogens (tertiary/aromatic N) is 1. The Labute approximate surface area is 111 Å². The van der Waals surface area contributed by atoms with Crippen molar-refractivity contribution in [1.29, 1.82) is 0 Å². The van der Waals surface area contributed by atoms with Gasteiger partial charge in [0.15, 0.2) is 0 Å². The Hall–Kier alpha value is -0.280. The van der Waals surface area contributed by atoms with Crippen LogP contribution in [-0.2, 0) is 4.79 Å². The van der Waals surface area contributed by atoms with Gasteiger partial charge in [-0.25, -0.2) is 0 Å². The fourth-order valence-electron chi connectivity index (χ4n) is 3.21. The highest BCUT2D eigenvalue weighted by atomic mass is 35.5. The van der Waals surface area contributed by atoms with Crippen molar-refractivity contribution in [3.8, 4) is 0 Å². The molecule has 100 valence electrons. The lowest BCUT2D eigenvalue weighted by Gasteiger charge is -2.31. The van der Waals surface area contributed by atoms with E-state index in [0.717, 1.165) is 25.9 Å². The maximum absolute atomic E-state index is 12.4. The lowest BCUT2D eigenvalue weighted by molar-refractivity contribution is -0.135. The number of nitrogens with two attached hydrogens (primary N) is 1. The zero-order valence-corrected chi connectivity index (χ0v) is 12.1. The van der Waals surface area contributed by atoms with E-state index in [0.29, 0.717) is 5.91 Å². The molecule has 2 rings (SSSR count). The molecule has 1 heterocycles. The molecule has 1 saturated carbocycles. The molecular formula is C13H25ClN2O. The second kappa shape index (κ2) is 4.43. The molecule has 3 nitrogen and oxygen atoms in total. The summed E-state index contributed by atoms with van der Waals surface area (Å²) in [4.78, 5) is 14.4. The van der Waals surface area contributed by atoms with Crippen molar-refractivity contribution in [3.05, 3.63) is 0 Å². The molecule has 2 N–H and O–H groups in total. The van der Waals surface area contributed by atoms with E-state index >= 15 is 0 Å². The highest BCUT2D eigenvalue weighted by Crippen LogP contribution is 2.68. The van der Waals surface area contributed by atoms with Crippen LogP contribution in [0.25, 0.3) is 0 Å². The summed E-state index contributed by atoms with van der Waals surface area (Å²) < 4.78 is 0. The van der Waals surface area contributed by atoms with Crippen molar-refractivity contribution in [1.82, 2.24) is 4.90 Å². The highest BCUT2D eigenvalue weighted by molar-refractivity contribution is 5.85. The number of carbonyl (C=O) groups excluding carboxylic acids is 1. The summed E-state index contributed by atoms with van der Waals surface area (Å²) >= 11 is 0. The lowest BCUT2D eigenvalue weighted by Crippen LogP contribution is -2.46. The lowest BCUT2D eigenvalue weighted by atomic mass is 10.0. The van der Waals surface area contributed by atoms with Crippen molar-refractivity contribution in [2.24, 2.45) is 22.5 Å². The number of piperidine rings is 1. The van der Waals surface area contributed by atoms with Gasteiger partial charge in [-0.3, -0.25) is 4.79 Å². The maximum Gasteiger partial charge on any atom is 0.226 e. The fourth-order valence-corrected chi connectivity index (χ4v) is 3.21. The minimum Gasteiger partial charge on any atom is -0.341 e. The van der Waals surface area contributed by atoms with Crippen LogP contribution in [0.2, 0.25) is 0 Å². The van der Waals surface area contributed by atoms with Gasteiger partial charge in [0.1, 0.15) is 0 Å². The van der Waals surface area contributed by atoms with Crippen molar-refractivity contribution in [3.63, 3.8) is 0 Å². The van der Waals surface area contributed by atoms with Gasteiger partial charge in [-0.2, -0.15) is 0 Å². The van der Waals surface area contributed by atoms with Crippen LogP contribution in [0, 0.1) is 16.7 Å². The molecule has 0 bridgehead atoms. The van der Waals surface area contributed by atoms with E-state index in [4.69, 9.17) is 5.73 Å². The van der Waals surface area contributed by atoms with E-state index < -0.39 is 0 Å². The van der Waals surface area contributed by atoms with E-state index in [1.165, 1.54) is 0 Å². The number of halogens is 1. The van der Waals surface area contributed by atoms with E-state index in [1.54, 1.807) is 0 Å². The Kier molecular flexibility index (Phi) is 3.85. The molecule has 1 aliphatic carbocycles. The Morgan fingerprint density at radius 2 is 1.76 bits per heavy atom. The Morgan fingerprint density at radius 1 is 1.24 bits per heavy atom. The highest BCUT2D eigenvalue weighted by Gasteiger charge is 2.68. The summed E-state index contributed by atoms with van der Waals surface area (Å²) in [5.74, 6) is 0.510. The number of likely N-dealkylation sites (tertiary alicyclic amines) is 1. The second-order valence-electron chi connectivity index (χ2n) is 6.56. The first-order chi connectivity index (χ1) is 7.28. The summed E-state index contributed by atoms with van der Waals surface area (Å²) in [5.41, 5.74) is 6.21. The molecule has 0 aromatic rings. The summed E-state index contributed by atoms with van der Waals surface area (Å²) in [6.45, 7) is 10.4. The quantitative estimate of drug-likeness (QED) is 0.784. The number of hydrogen-bond donors (Lipinski definition) is 1. The van der Waals surface area contributed by atoms with Crippen LogP contribution < -0.4 is 5.73 Å². The zero-order valence-electron chi connectivity index (χ0n) is 11.3. The number of amides is 1. The van der Waals surface area contributed by atoms with Gasteiger partial charge in [0.2, 0.25) is 5.91 Å². The first kappa shape index (κ1) is 14.8. The standard InChI is InChI=1S/C13H24N2O.ClH/c1-12(2)10(13(12,3)4)11(16)15-7-5-6-9(14)8-15;/h9-10H,5-8,14H2,1-4H3;1H/t9-;/m1./s1. The van der Waals surface area contributed by atoms with Crippen molar-refractivity contribution >= 4 is 18.3 Å². The number of hydrogen-bond acceptors (Lipinski definition) is 2. The molecule has 1 amide bonds. The number of carbonyl (C=O) groups is 1. The first-order valence-corrected chi connectivity index (χ1v) is 6.33. The molecule has 17 heavy (non-hydrogen) atoms. The van der Waals surface area contributed by atoms with E-state index in [2.05, 4.69) is 27.7 Å². The molecular weight excluding hydrogens is 236 g/mol. The van der Waals surface area contributed by atoms with Crippen LogP contribution in [0.4, 0.5) is 0 Å². The van der Waals surface area contributed by atoms with Crippen LogP contribution in [0.1, 0.15) is 40.5 Å². The SMILES string of the molecule is CC1(C)C(C(=O)N2CCC[C@@H](N)C2)C1(C)C.Cl. The average Bonchev–Trinajstić information content (AvgIpc) is 2.56. The third-order valence-electron chi connectivity index (χ3n) is 5.04. The monoisotopic (exact) mass is 260 g/mol. The van der Waals surface area contributed by atoms with Crippen molar-refractivity contribution in [2.75, 3.05) is 13.1 Å². The minimum absolute atomic E-state index is 0. The third-order valence-corrected chi connectivity index (χ3v) is 5.04. The first-order valence-electron chi connectivity index (χ1n) is 6.33. The Balaban J connectivity index is 0.00000144. The largest absolute Gasteiger partial charge is 0.341 e. The maximum atomic E-state index is 12.4. The normalized spacial score (nSPS) is 30.6. The Bertz CT molecular complexity index is 301. The Morgan fingerprint density at radius 3 is 2.18 bits per heavy atom. The van der Waals surface area contributed by atoms with Gasteiger partial charge in [-0.15, -0.1) is 12.4 Å². The van der Waals surface area contributed by atoms with E-state index in [9.17, 15) is 4.79 Å². The van der Waals surface area contributed by atoms with E-state index in [1.807, 2.05) is 4.90 Å². The number of rotatable bonds is 1. The predicted octanol–water partition coefficient (Wildman–Crippen LogP) is 2.04. The molecule has 4 heteroatoms. The topological polar surface area (TPSA) is 46.3 Å². The molecule has 0 aromatic carbocycles. The molecule has 0 spiro atoms. The summed E-state index contributed by atoms with van der Waals surface area (Å²) in [5, 5.41) is 0. The molecule has 1 aliphatic heterocycles.